The highest BCUT2D eigenvalue weighted by Gasteiger charge is 2.51. The molecule has 114 valence electrons. The Labute approximate surface area is 117 Å². The number of hydrogen-bond acceptors (Lipinski definition) is 6. The molecule has 6 unspecified atom stereocenters. The van der Waals surface area contributed by atoms with E-state index in [-0.39, 0.29) is 17.8 Å². The zero-order chi connectivity index (χ0) is 14.5. The summed E-state index contributed by atoms with van der Waals surface area (Å²) >= 11 is 0. The molecule has 0 amide bonds. The van der Waals surface area contributed by atoms with Gasteiger partial charge < -0.3 is 14.6 Å². The van der Waals surface area contributed by atoms with Gasteiger partial charge in [0.2, 0.25) is 0 Å². The van der Waals surface area contributed by atoms with Gasteiger partial charge in [0.15, 0.2) is 6.29 Å². The van der Waals surface area contributed by atoms with Crippen molar-refractivity contribution in [2.24, 2.45) is 17.8 Å². The average molecular weight is 306 g/mol. The van der Waals surface area contributed by atoms with Gasteiger partial charge >= 0.3 is 5.97 Å². The van der Waals surface area contributed by atoms with Gasteiger partial charge in [0, 0.05) is 0 Å². The van der Waals surface area contributed by atoms with Crippen LogP contribution in [0.1, 0.15) is 25.7 Å². The van der Waals surface area contributed by atoms with Crippen molar-refractivity contribution >= 4 is 16.1 Å². The van der Waals surface area contributed by atoms with E-state index in [1.165, 1.54) is 0 Å². The SMILES string of the molecule is O=C1OC2CC3CC1CC(C3)C2OC(O)CS(=O)(=O)O. The van der Waals surface area contributed by atoms with Crippen LogP contribution in [-0.2, 0) is 24.4 Å². The second-order valence-corrected chi connectivity index (χ2v) is 7.54. The maximum atomic E-state index is 11.8. The first-order chi connectivity index (χ1) is 9.32. The molecular formula is C12H18O7S. The summed E-state index contributed by atoms with van der Waals surface area (Å²) in [5.41, 5.74) is 0. The van der Waals surface area contributed by atoms with Crippen LogP contribution in [0.2, 0.25) is 0 Å². The Hall–Kier alpha value is -0.700. The van der Waals surface area contributed by atoms with Gasteiger partial charge in [-0.2, -0.15) is 8.42 Å². The Balaban J connectivity index is 1.72. The molecule has 4 aliphatic rings. The highest BCUT2D eigenvalue weighted by Crippen LogP contribution is 2.48. The van der Waals surface area contributed by atoms with Crippen LogP contribution < -0.4 is 0 Å². The molecule has 20 heavy (non-hydrogen) atoms. The number of carbonyl (C=O) groups is 1. The normalized spacial score (nSPS) is 41.3. The average Bonchev–Trinajstić information content (AvgIpc) is 2.45. The number of rotatable bonds is 4. The fourth-order valence-electron chi connectivity index (χ4n) is 3.86. The highest BCUT2D eigenvalue weighted by molar-refractivity contribution is 7.85. The Morgan fingerprint density at radius 2 is 2.05 bits per heavy atom. The first kappa shape index (κ1) is 14.2. The van der Waals surface area contributed by atoms with E-state index < -0.39 is 34.4 Å². The quantitative estimate of drug-likeness (QED) is 0.425. The summed E-state index contributed by atoms with van der Waals surface area (Å²) in [5.74, 6) is -0.647. The molecule has 4 fully saturated rings. The first-order valence-electron chi connectivity index (χ1n) is 6.81. The third-order valence-electron chi connectivity index (χ3n) is 4.51. The largest absolute Gasteiger partial charge is 0.459 e. The standard InChI is InChI=1S/C12H18O7S/c13-10(5-20(15,16)17)19-11-7-1-6-2-8(4-7)12(14)18-9(11)3-6/h6-11,13H,1-5H2,(H,15,16,17). The van der Waals surface area contributed by atoms with Crippen molar-refractivity contribution < 1.29 is 32.3 Å². The maximum absolute atomic E-state index is 11.8. The number of aliphatic hydroxyl groups is 1. The molecule has 2 saturated carbocycles. The van der Waals surface area contributed by atoms with Crippen molar-refractivity contribution in [3.63, 3.8) is 0 Å². The van der Waals surface area contributed by atoms with Gasteiger partial charge in [-0.3, -0.25) is 9.35 Å². The highest BCUT2D eigenvalue weighted by atomic mass is 32.2. The molecule has 2 N–H and O–H groups in total. The minimum absolute atomic E-state index is 0.0972. The fourth-order valence-corrected chi connectivity index (χ4v) is 4.30. The van der Waals surface area contributed by atoms with Crippen LogP contribution in [0.25, 0.3) is 0 Å². The third kappa shape index (κ3) is 2.83. The van der Waals surface area contributed by atoms with E-state index in [1.54, 1.807) is 0 Å². The number of aliphatic hydroxyl groups excluding tert-OH is 1. The molecule has 4 bridgehead atoms. The Kier molecular flexibility index (Phi) is 3.52. The van der Waals surface area contributed by atoms with Crippen molar-refractivity contribution in [2.75, 3.05) is 5.75 Å². The minimum Gasteiger partial charge on any atom is -0.459 e. The van der Waals surface area contributed by atoms with Gasteiger partial charge in [0.05, 0.1) is 5.92 Å². The predicted octanol–water partition coefficient (Wildman–Crippen LogP) is -0.0606. The van der Waals surface area contributed by atoms with E-state index >= 15 is 0 Å². The van der Waals surface area contributed by atoms with E-state index in [0.29, 0.717) is 18.8 Å². The van der Waals surface area contributed by atoms with Crippen LogP contribution in [-0.4, -0.2) is 48.3 Å². The van der Waals surface area contributed by atoms with Gasteiger partial charge in [0.1, 0.15) is 18.0 Å². The molecule has 4 rings (SSSR count). The first-order valence-corrected chi connectivity index (χ1v) is 8.42. The molecule has 2 aliphatic heterocycles. The molecule has 2 aliphatic carbocycles. The smallest absolute Gasteiger partial charge is 0.309 e. The van der Waals surface area contributed by atoms with Crippen molar-refractivity contribution in [3.8, 4) is 0 Å². The molecule has 2 heterocycles. The van der Waals surface area contributed by atoms with Crippen molar-refractivity contribution in [2.45, 2.75) is 44.2 Å². The minimum atomic E-state index is -4.30. The summed E-state index contributed by atoms with van der Waals surface area (Å²) in [6.07, 6.45) is 0.606. The van der Waals surface area contributed by atoms with E-state index in [2.05, 4.69) is 0 Å². The van der Waals surface area contributed by atoms with Crippen LogP contribution in [0.5, 0.6) is 0 Å². The number of ether oxygens (including phenoxy) is 2. The lowest BCUT2D eigenvalue weighted by Crippen LogP contribution is -2.46. The molecule has 0 radical (unpaired) electrons. The van der Waals surface area contributed by atoms with E-state index in [4.69, 9.17) is 14.0 Å². The van der Waals surface area contributed by atoms with Gasteiger partial charge in [0.25, 0.3) is 10.1 Å². The van der Waals surface area contributed by atoms with Gasteiger partial charge in [-0.15, -0.1) is 0 Å². The zero-order valence-corrected chi connectivity index (χ0v) is 11.7. The van der Waals surface area contributed by atoms with Gasteiger partial charge in [-0.05, 0) is 37.5 Å². The van der Waals surface area contributed by atoms with Crippen LogP contribution >= 0.6 is 0 Å². The molecule has 7 nitrogen and oxygen atoms in total. The van der Waals surface area contributed by atoms with Crippen molar-refractivity contribution in [1.29, 1.82) is 0 Å². The predicted molar refractivity (Wildman–Crippen MR) is 66.1 cm³/mol. The summed E-state index contributed by atoms with van der Waals surface area (Å²) in [5, 5.41) is 9.63. The van der Waals surface area contributed by atoms with Gasteiger partial charge in [-0.1, -0.05) is 0 Å². The molecule has 0 aromatic rings. The topological polar surface area (TPSA) is 110 Å². The summed E-state index contributed by atoms with van der Waals surface area (Å²) in [6.45, 7) is 0. The Morgan fingerprint density at radius 3 is 2.75 bits per heavy atom. The number of carbonyl (C=O) groups excluding carboxylic acids is 1. The third-order valence-corrected chi connectivity index (χ3v) is 5.21. The van der Waals surface area contributed by atoms with E-state index in [0.717, 1.165) is 12.8 Å². The maximum Gasteiger partial charge on any atom is 0.309 e. The molecule has 6 atom stereocenters. The second-order valence-electron chi connectivity index (χ2n) is 6.05. The molecule has 0 aromatic heterocycles. The molecule has 8 heteroatoms. The summed E-state index contributed by atoms with van der Waals surface area (Å²) < 4.78 is 41.0. The summed E-state index contributed by atoms with van der Waals surface area (Å²) in [4.78, 5) is 11.8. The van der Waals surface area contributed by atoms with E-state index in [9.17, 15) is 18.3 Å². The van der Waals surface area contributed by atoms with Gasteiger partial charge in [-0.25, -0.2) is 0 Å². The molecular weight excluding hydrogens is 288 g/mol. The fraction of sp³-hybridized carbons (Fsp3) is 0.917. The van der Waals surface area contributed by atoms with Crippen LogP contribution in [0.4, 0.5) is 0 Å². The number of esters is 1. The summed E-state index contributed by atoms with van der Waals surface area (Å²) in [7, 11) is -4.30. The lowest BCUT2D eigenvalue weighted by Gasteiger charge is -2.42. The van der Waals surface area contributed by atoms with Crippen LogP contribution in [0.15, 0.2) is 0 Å². The van der Waals surface area contributed by atoms with E-state index in [1.807, 2.05) is 0 Å². The Morgan fingerprint density at radius 1 is 1.30 bits per heavy atom. The zero-order valence-electron chi connectivity index (χ0n) is 10.8. The van der Waals surface area contributed by atoms with Crippen LogP contribution in [0, 0.1) is 17.8 Å². The number of hydrogen-bond donors (Lipinski definition) is 2. The van der Waals surface area contributed by atoms with Crippen LogP contribution in [0.3, 0.4) is 0 Å². The van der Waals surface area contributed by atoms with Crippen molar-refractivity contribution in [3.05, 3.63) is 0 Å². The number of fused-ring (bicyclic) bond motifs is 1. The monoisotopic (exact) mass is 306 g/mol. The lowest BCUT2D eigenvalue weighted by atomic mass is 9.67. The molecule has 0 aromatic carbocycles. The second kappa shape index (κ2) is 4.94. The molecule has 2 saturated heterocycles. The molecule has 0 spiro atoms. The van der Waals surface area contributed by atoms with Crippen molar-refractivity contribution in [1.82, 2.24) is 0 Å². The Bertz CT molecular complexity index is 502. The lowest BCUT2D eigenvalue weighted by molar-refractivity contribution is -0.193. The summed E-state index contributed by atoms with van der Waals surface area (Å²) in [6, 6.07) is 0.